The maximum Gasteiger partial charge on any atom is 0.317 e. The van der Waals surface area contributed by atoms with E-state index < -0.39 is 5.60 Å². The molecule has 1 saturated heterocycles. The van der Waals surface area contributed by atoms with E-state index in [-0.39, 0.29) is 24.0 Å². The third-order valence-corrected chi connectivity index (χ3v) is 5.98. The van der Waals surface area contributed by atoms with Crippen LogP contribution >= 0.6 is 0 Å². The lowest BCUT2D eigenvalue weighted by atomic mass is 9.91. The number of piperidine rings is 1. The van der Waals surface area contributed by atoms with Crippen molar-refractivity contribution in [2.24, 2.45) is 0 Å². The van der Waals surface area contributed by atoms with Gasteiger partial charge in [-0.2, -0.15) is 5.10 Å². The van der Waals surface area contributed by atoms with Crippen molar-refractivity contribution in [2.75, 3.05) is 13.1 Å². The SMILES string of the molecule is O=C(NC1CC1)N1CCC(O)(Cn2cnc3c(cnn3-c3ccc(F)cc3)c2=O)CC1. The molecule has 2 N–H and O–H groups in total. The molecule has 2 aliphatic rings. The molecule has 10 heteroatoms. The van der Waals surface area contributed by atoms with Gasteiger partial charge in [0, 0.05) is 19.1 Å². The molecule has 162 valence electrons. The lowest BCUT2D eigenvalue weighted by Gasteiger charge is -2.38. The van der Waals surface area contributed by atoms with Gasteiger partial charge in [0.25, 0.3) is 5.56 Å². The number of carbonyl (C=O) groups is 1. The number of aliphatic hydroxyl groups is 1. The highest BCUT2D eigenvalue weighted by molar-refractivity contribution is 5.75. The van der Waals surface area contributed by atoms with Gasteiger partial charge in [0.2, 0.25) is 0 Å². The summed E-state index contributed by atoms with van der Waals surface area (Å²) in [6.07, 6.45) is 5.64. The van der Waals surface area contributed by atoms with Crippen molar-refractivity contribution >= 4 is 17.1 Å². The number of rotatable bonds is 4. The summed E-state index contributed by atoms with van der Waals surface area (Å²) >= 11 is 0. The van der Waals surface area contributed by atoms with E-state index in [1.54, 1.807) is 17.0 Å². The molecule has 0 bridgehead atoms. The van der Waals surface area contributed by atoms with Crippen LogP contribution in [0.15, 0.2) is 41.6 Å². The van der Waals surface area contributed by atoms with Crippen LogP contribution in [0.5, 0.6) is 0 Å². The first-order valence-corrected chi connectivity index (χ1v) is 10.4. The number of hydrogen-bond acceptors (Lipinski definition) is 5. The normalized spacial score (nSPS) is 18.3. The molecule has 1 saturated carbocycles. The summed E-state index contributed by atoms with van der Waals surface area (Å²) in [7, 11) is 0. The van der Waals surface area contributed by atoms with E-state index in [1.807, 2.05) is 0 Å². The Morgan fingerprint density at radius 3 is 2.61 bits per heavy atom. The van der Waals surface area contributed by atoms with Gasteiger partial charge in [0.05, 0.1) is 24.0 Å². The van der Waals surface area contributed by atoms with Crippen LogP contribution in [0, 0.1) is 5.82 Å². The number of fused-ring (bicyclic) bond motifs is 1. The van der Waals surface area contributed by atoms with Gasteiger partial charge in [-0.25, -0.2) is 18.9 Å². The Hall–Kier alpha value is -3.27. The quantitative estimate of drug-likeness (QED) is 0.657. The number of nitrogens with one attached hydrogen (secondary N) is 1. The number of benzene rings is 1. The predicted octanol–water partition coefficient (Wildman–Crippen LogP) is 1.42. The average Bonchev–Trinajstić information content (AvgIpc) is 3.46. The van der Waals surface area contributed by atoms with Crippen LogP contribution < -0.4 is 10.9 Å². The summed E-state index contributed by atoms with van der Waals surface area (Å²) in [6.45, 7) is 0.957. The fourth-order valence-electron chi connectivity index (χ4n) is 3.93. The first-order valence-electron chi connectivity index (χ1n) is 10.4. The smallest absolute Gasteiger partial charge is 0.317 e. The van der Waals surface area contributed by atoms with Gasteiger partial charge in [-0.1, -0.05) is 0 Å². The second kappa shape index (κ2) is 7.45. The van der Waals surface area contributed by atoms with Crippen molar-refractivity contribution < 1.29 is 14.3 Å². The third-order valence-electron chi connectivity index (χ3n) is 5.98. The van der Waals surface area contributed by atoms with Crippen molar-refractivity contribution in [3.63, 3.8) is 0 Å². The van der Waals surface area contributed by atoms with Crippen molar-refractivity contribution in [3.05, 3.63) is 53.0 Å². The Balaban J connectivity index is 1.32. The molecule has 9 nitrogen and oxygen atoms in total. The second-order valence-electron chi connectivity index (χ2n) is 8.38. The maximum absolute atomic E-state index is 13.2. The van der Waals surface area contributed by atoms with Crippen molar-refractivity contribution in [2.45, 2.75) is 43.9 Å². The minimum atomic E-state index is -1.09. The maximum atomic E-state index is 13.2. The molecule has 2 aromatic heterocycles. The summed E-state index contributed by atoms with van der Waals surface area (Å²) in [5.41, 5.74) is -0.439. The number of amides is 2. The highest BCUT2D eigenvalue weighted by Gasteiger charge is 2.36. The minimum Gasteiger partial charge on any atom is -0.388 e. The van der Waals surface area contributed by atoms with Gasteiger partial charge in [-0.05, 0) is 49.9 Å². The average molecular weight is 426 g/mol. The number of likely N-dealkylation sites (tertiary alicyclic amines) is 1. The van der Waals surface area contributed by atoms with Crippen LogP contribution in [0.1, 0.15) is 25.7 Å². The van der Waals surface area contributed by atoms with Gasteiger partial charge in [0.15, 0.2) is 5.65 Å². The van der Waals surface area contributed by atoms with E-state index in [4.69, 9.17) is 0 Å². The second-order valence-corrected chi connectivity index (χ2v) is 8.38. The molecule has 1 aliphatic carbocycles. The molecule has 3 aromatic rings. The summed E-state index contributed by atoms with van der Waals surface area (Å²) in [4.78, 5) is 31.2. The van der Waals surface area contributed by atoms with Crippen molar-refractivity contribution in [1.82, 2.24) is 29.5 Å². The number of aromatic nitrogens is 4. The Morgan fingerprint density at radius 2 is 1.94 bits per heavy atom. The van der Waals surface area contributed by atoms with Crippen molar-refractivity contribution in [1.29, 1.82) is 0 Å². The molecule has 2 fully saturated rings. The number of nitrogens with zero attached hydrogens (tertiary/aromatic N) is 5. The highest BCUT2D eigenvalue weighted by Crippen LogP contribution is 2.25. The fraction of sp³-hybridized carbons (Fsp3) is 0.429. The molecule has 1 aliphatic heterocycles. The lowest BCUT2D eigenvalue weighted by molar-refractivity contribution is -0.0265. The summed E-state index contributed by atoms with van der Waals surface area (Å²) in [5.74, 6) is -0.361. The van der Waals surface area contributed by atoms with Crippen LogP contribution in [-0.2, 0) is 6.54 Å². The Morgan fingerprint density at radius 1 is 1.23 bits per heavy atom. The molecule has 5 rings (SSSR count). The number of halogens is 1. The van der Waals surface area contributed by atoms with Crippen molar-refractivity contribution in [3.8, 4) is 5.69 Å². The van der Waals surface area contributed by atoms with E-state index in [0.29, 0.717) is 48.7 Å². The zero-order valence-corrected chi connectivity index (χ0v) is 16.9. The molecule has 2 amide bonds. The van der Waals surface area contributed by atoms with E-state index >= 15 is 0 Å². The molecule has 31 heavy (non-hydrogen) atoms. The lowest BCUT2D eigenvalue weighted by Crippen LogP contribution is -2.52. The van der Waals surface area contributed by atoms with E-state index in [1.165, 1.54) is 33.9 Å². The van der Waals surface area contributed by atoms with Crippen LogP contribution in [0.3, 0.4) is 0 Å². The molecule has 0 unspecified atom stereocenters. The van der Waals surface area contributed by atoms with Gasteiger partial charge in [-0.3, -0.25) is 9.36 Å². The Labute approximate surface area is 177 Å². The van der Waals surface area contributed by atoms with E-state index in [2.05, 4.69) is 15.4 Å². The third kappa shape index (κ3) is 3.90. The first kappa shape index (κ1) is 19.7. The molecule has 3 heterocycles. The first-order chi connectivity index (χ1) is 14.9. The van der Waals surface area contributed by atoms with Crippen LogP contribution in [0.2, 0.25) is 0 Å². The Bertz CT molecular complexity index is 1180. The number of carbonyl (C=O) groups excluding carboxylic acids is 1. The fourth-order valence-corrected chi connectivity index (χ4v) is 3.93. The topological polar surface area (TPSA) is 105 Å². The van der Waals surface area contributed by atoms with Crippen LogP contribution in [0.25, 0.3) is 16.7 Å². The van der Waals surface area contributed by atoms with Crippen LogP contribution in [0.4, 0.5) is 9.18 Å². The number of urea groups is 1. The number of hydrogen-bond donors (Lipinski definition) is 2. The van der Waals surface area contributed by atoms with E-state index in [0.717, 1.165) is 12.8 Å². The molecule has 0 atom stereocenters. The summed E-state index contributed by atoms with van der Waals surface area (Å²) < 4.78 is 16.1. The van der Waals surface area contributed by atoms with Gasteiger partial charge >= 0.3 is 6.03 Å². The van der Waals surface area contributed by atoms with Crippen LogP contribution in [-0.4, -0.2) is 60.1 Å². The molecule has 0 radical (unpaired) electrons. The zero-order valence-electron chi connectivity index (χ0n) is 16.9. The van der Waals surface area contributed by atoms with Gasteiger partial charge in [0.1, 0.15) is 17.5 Å². The molecule has 0 spiro atoms. The van der Waals surface area contributed by atoms with Gasteiger partial charge in [-0.15, -0.1) is 0 Å². The monoisotopic (exact) mass is 426 g/mol. The summed E-state index contributed by atoms with van der Waals surface area (Å²) in [5, 5.41) is 18.5. The summed E-state index contributed by atoms with van der Waals surface area (Å²) in [6, 6.07) is 5.96. The predicted molar refractivity (Wildman–Crippen MR) is 110 cm³/mol. The largest absolute Gasteiger partial charge is 0.388 e. The highest BCUT2D eigenvalue weighted by atomic mass is 19.1. The molecular weight excluding hydrogens is 403 g/mol. The zero-order chi connectivity index (χ0) is 21.6. The molecule has 1 aromatic carbocycles. The van der Waals surface area contributed by atoms with E-state index in [9.17, 15) is 19.1 Å². The Kier molecular flexibility index (Phi) is 4.73. The standard InChI is InChI=1S/C21H23FN6O3/c22-14-1-5-16(6-2-14)28-18-17(11-24-28)19(29)27(13-23-18)12-21(31)7-9-26(10-8-21)20(30)25-15-3-4-15/h1-2,5-6,11,13,15,31H,3-4,7-10,12H2,(H,25,30). The molecular formula is C21H23FN6O3. The van der Waals surface area contributed by atoms with Gasteiger partial charge < -0.3 is 15.3 Å². The minimum absolute atomic E-state index is 0.0852.